The number of quaternary nitrogens is 1. The highest BCUT2D eigenvalue weighted by Crippen LogP contribution is 2.30. The maximum absolute atomic E-state index is 13.2. The number of likely N-dealkylation sites (tertiary alicyclic amines) is 1. The molecule has 2 aromatic rings. The van der Waals surface area contributed by atoms with Crippen LogP contribution >= 0.6 is 15.9 Å². The Morgan fingerprint density at radius 3 is 2.73 bits per heavy atom. The second-order valence-corrected chi connectivity index (χ2v) is 8.21. The van der Waals surface area contributed by atoms with E-state index in [1.54, 1.807) is 0 Å². The summed E-state index contributed by atoms with van der Waals surface area (Å²) in [5.74, 6) is 0.738. The van der Waals surface area contributed by atoms with Gasteiger partial charge in [0.2, 0.25) is 0 Å². The van der Waals surface area contributed by atoms with Crippen LogP contribution in [-0.2, 0) is 4.79 Å². The fourth-order valence-corrected chi connectivity index (χ4v) is 4.20. The molecular formula is C21H23BrN3O+. The van der Waals surface area contributed by atoms with E-state index in [2.05, 4.69) is 27.8 Å². The van der Waals surface area contributed by atoms with Crippen LogP contribution in [0.25, 0.3) is 0 Å². The van der Waals surface area contributed by atoms with Gasteiger partial charge in [-0.1, -0.05) is 41.1 Å². The Kier molecular flexibility index (Phi) is 4.92. The minimum atomic E-state index is 0.0137. The minimum Gasteiger partial charge on any atom is -0.317 e. The SMILES string of the molecule is C[C@H]1CCC[NH+](CN2C(=O)C(=Nc3ccc(Br)cc3)c3ccccc32)C1. The standard InChI is InChI=1S/C21H22BrN3O/c1-15-5-4-12-24(13-15)14-25-19-7-3-2-6-18(19)20(21(25)26)23-17-10-8-16(22)9-11-17/h2-3,6-11,15H,4-5,12-14H2,1H3/p+1/t15-/m0/s1. The van der Waals surface area contributed by atoms with Crippen molar-refractivity contribution in [1.29, 1.82) is 0 Å². The fourth-order valence-electron chi connectivity index (χ4n) is 3.94. The second-order valence-electron chi connectivity index (χ2n) is 7.30. The summed E-state index contributed by atoms with van der Waals surface area (Å²) in [7, 11) is 0. The first kappa shape index (κ1) is 17.4. The van der Waals surface area contributed by atoms with Crippen LogP contribution in [0.1, 0.15) is 25.3 Å². The van der Waals surface area contributed by atoms with E-state index in [-0.39, 0.29) is 5.91 Å². The highest BCUT2D eigenvalue weighted by Gasteiger charge is 2.36. The normalized spacial score (nSPS) is 24.2. The third-order valence-corrected chi connectivity index (χ3v) is 5.74. The van der Waals surface area contributed by atoms with Crippen LogP contribution in [0.2, 0.25) is 0 Å². The zero-order valence-corrected chi connectivity index (χ0v) is 16.5. The van der Waals surface area contributed by atoms with Crippen molar-refractivity contribution in [2.24, 2.45) is 10.9 Å². The molecule has 1 amide bonds. The summed E-state index contributed by atoms with van der Waals surface area (Å²) in [5, 5.41) is 0. The van der Waals surface area contributed by atoms with Crippen LogP contribution in [0.15, 0.2) is 58.0 Å². The second kappa shape index (κ2) is 7.33. The van der Waals surface area contributed by atoms with Crippen molar-refractivity contribution in [3.05, 3.63) is 58.6 Å². The number of hydrogen-bond donors (Lipinski definition) is 1. The molecule has 2 aliphatic heterocycles. The Hall–Kier alpha value is -1.98. The lowest BCUT2D eigenvalue weighted by molar-refractivity contribution is -0.907. The summed E-state index contributed by atoms with van der Waals surface area (Å²) in [6.45, 7) is 5.29. The van der Waals surface area contributed by atoms with Gasteiger partial charge in [0.1, 0.15) is 5.71 Å². The Balaban J connectivity index is 1.65. The predicted molar refractivity (Wildman–Crippen MR) is 108 cm³/mol. The summed E-state index contributed by atoms with van der Waals surface area (Å²) < 4.78 is 1.00. The third kappa shape index (κ3) is 3.46. The molecule has 2 atom stereocenters. The van der Waals surface area contributed by atoms with Crippen molar-refractivity contribution in [2.75, 3.05) is 24.7 Å². The first-order chi connectivity index (χ1) is 12.6. The Morgan fingerprint density at radius 1 is 1.19 bits per heavy atom. The molecule has 0 aromatic heterocycles. The van der Waals surface area contributed by atoms with Crippen molar-refractivity contribution < 1.29 is 9.69 Å². The summed E-state index contributed by atoms with van der Waals surface area (Å²) >= 11 is 3.44. The van der Waals surface area contributed by atoms with Crippen molar-refractivity contribution >= 4 is 38.9 Å². The monoisotopic (exact) mass is 412 g/mol. The van der Waals surface area contributed by atoms with Gasteiger partial charge < -0.3 is 4.90 Å². The Morgan fingerprint density at radius 2 is 1.96 bits per heavy atom. The lowest BCUT2D eigenvalue weighted by atomic mass is 10.0. The number of nitrogens with zero attached hydrogens (tertiary/aromatic N) is 2. The van der Waals surface area contributed by atoms with E-state index in [0.717, 1.165) is 47.1 Å². The molecule has 5 heteroatoms. The molecule has 134 valence electrons. The van der Waals surface area contributed by atoms with Gasteiger partial charge in [-0.3, -0.25) is 9.69 Å². The van der Waals surface area contributed by atoms with E-state index in [4.69, 9.17) is 0 Å². The van der Waals surface area contributed by atoms with Crippen LogP contribution in [-0.4, -0.2) is 31.4 Å². The number of halogens is 1. The number of aliphatic imine (C=N–C) groups is 1. The minimum absolute atomic E-state index is 0.0137. The van der Waals surface area contributed by atoms with Crippen molar-refractivity contribution in [3.8, 4) is 0 Å². The van der Waals surface area contributed by atoms with Gasteiger partial charge in [-0.25, -0.2) is 4.99 Å². The molecule has 1 saturated heterocycles. The quantitative estimate of drug-likeness (QED) is 0.825. The fraction of sp³-hybridized carbons (Fsp3) is 0.333. The maximum atomic E-state index is 13.2. The van der Waals surface area contributed by atoms with E-state index in [1.165, 1.54) is 17.7 Å². The first-order valence-corrected chi connectivity index (χ1v) is 10.00. The number of carbonyl (C=O) groups excluding carboxylic acids is 1. The predicted octanol–water partition coefficient (Wildman–Crippen LogP) is 3.19. The van der Waals surface area contributed by atoms with E-state index >= 15 is 0 Å². The molecule has 4 nitrogen and oxygen atoms in total. The summed E-state index contributed by atoms with van der Waals surface area (Å²) in [6.07, 6.45) is 2.53. The molecule has 0 radical (unpaired) electrons. The molecular weight excluding hydrogens is 390 g/mol. The molecule has 2 aromatic carbocycles. The smallest absolute Gasteiger partial charge is 0.281 e. The summed E-state index contributed by atoms with van der Waals surface area (Å²) in [5.41, 5.74) is 3.27. The zero-order chi connectivity index (χ0) is 18.1. The number of rotatable bonds is 3. The van der Waals surface area contributed by atoms with Crippen LogP contribution in [0.5, 0.6) is 0 Å². The van der Waals surface area contributed by atoms with Crippen molar-refractivity contribution in [3.63, 3.8) is 0 Å². The van der Waals surface area contributed by atoms with Crippen molar-refractivity contribution in [1.82, 2.24) is 0 Å². The number of fused-ring (bicyclic) bond motifs is 1. The van der Waals surface area contributed by atoms with Gasteiger partial charge >= 0.3 is 0 Å². The van der Waals surface area contributed by atoms with E-state index in [1.807, 2.05) is 53.4 Å². The van der Waals surface area contributed by atoms with Gasteiger partial charge in [-0.2, -0.15) is 0 Å². The van der Waals surface area contributed by atoms with Gasteiger partial charge in [0.15, 0.2) is 6.67 Å². The van der Waals surface area contributed by atoms with Gasteiger partial charge in [-0.15, -0.1) is 0 Å². The number of benzene rings is 2. The molecule has 1 fully saturated rings. The first-order valence-electron chi connectivity index (χ1n) is 9.21. The number of para-hydroxylation sites is 1. The molecule has 2 aliphatic rings. The molecule has 4 rings (SSSR count). The molecule has 0 spiro atoms. The lowest BCUT2D eigenvalue weighted by Crippen LogP contribution is -3.15. The number of anilines is 1. The zero-order valence-electron chi connectivity index (χ0n) is 14.9. The highest BCUT2D eigenvalue weighted by atomic mass is 79.9. The van der Waals surface area contributed by atoms with Crippen LogP contribution in [0.4, 0.5) is 11.4 Å². The van der Waals surface area contributed by atoms with Crippen molar-refractivity contribution in [2.45, 2.75) is 19.8 Å². The molecule has 26 heavy (non-hydrogen) atoms. The average molecular weight is 413 g/mol. The highest BCUT2D eigenvalue weighted by molar-refractivity contribution is 9.10. The topological polar surface area (TPSA) is 37.1 Å². The number of piperidine rings is 1. The van der Waals surface area contributed by atoms with Crippen LogP contribution in [0.3, 0.4) is 0 Å². The van der Waals surface area contributed by atoms with Gasteiger partial charge in [0.05, 0.1) is 24.5 Å². The molecule has 1 N–H and O–H groups in total. The molecule has 0 aliphatic carbocycles. The lowest BCUT2D eigenvalue weighted by Gasteiger charge is -2.31. The largest absolute Gasteiger partial charge is 0.317 e. The summed E-state index contributed by atoms with van der Waals surface area (Å²) in [6, 6.07) is 15.7. The Labute approximate surface area is 162 Å². The Bertz CT molecular complexity index is 847. The molecule has 0 bridgehead atoms. The van der Waals surface area contributed by atoms with Crippen LogP contribution < -0.4 is 9.80 Å². The molecule has 1 unspecified atom stereocenters. The van der Waals surface area contributed by atoms with E-state index in [9.17, 15) is 4.79 Å². The molecule has 2 heterocycles. The number of hydrogen-bond acceptors (Lipinski definition) is 2. The number of amides is 1. The maximum Gasteiger partial charge on any atom is 0.281 e. The average Bonchev–Trinajstić information content (AvgIpc) is 2.90. The number of nitrogens with one attached hydrogen (secondary N) is 1. The summed E-state index contributed by atoms with van der Waals surface area (Å²) in [4.78, 5) is 21.2. The van der Waals surface area contributed by atoms with Crippen LogP contribution in [0, 0.1) is 5.92 Å². The third-order valence-electron chi connectivity index (χ3n) is 5.21. The van der Waals surface area contributed by atoms with Gasteiger partial charge in [-0.05, 0) is 43.2 Å². The van der Waals surface area contributed by atoms with E-state index in [0.29, 0.717) is 5.71 Å². The van der Waals surface area contributed by atoms with E-state index < -0.39 is 0 Å². The molecule has 0 saturated carbocycles. The van der Waals surface area contributed by atoms with Gasteiger partial charge in [0, 0.05) is 16.0 Å². The van der Waals surface area contributed by atoms with Gasteiger partial charge in [0.25, 0.3) is 5.91 Å². The number of carbonyl (C=O) groups is 1.